The van der Waals surface area contributed by atoms with E-state index in [0.717, 1.165) is 0 Å². The highest BCUT2D eigenvalue weighted by molar-refractivity contribution is 8.33. The zero-order valence-electron chi connectivity index (χ0n) is 21.1. The summed E-state index contributed by atoms with van der Waals surface area (Å²) in [4.78, 5) is 4.42. The molecule has 2 heterocycles. The number of piperidine rings is 1. The van der Waals surface area contributed by atoms with Crippen LogP contribution < -0.4 is 0 Å². The fourth-order valence-corrected chi connectivity index (χ4v) is 12.5. The molecule has 174 valence electrons. The van der Waals surface area contributed by atoms with Crippen molar-refractivity contribution in [3.05, 3.63) is 39.8 Å². The van der Waals surface area contributed by atoms with E-state index in [2.05, 4.69) is 101 Å². The summed E-state index contributed by atoms with van der Waals surface area (Å²) in [6.45, 7) is 21.6. The number of benzene rings is 1. The highest BCUT2D eigenvalue weighted by Gasteiger charge is 2.48. The average molecular weight is 478 g/mol. The summed E-state index contributed by atoms with van der Waals surface area (Å²) in [5, 5.41) is 2.56. The fourth-order valence-electron chi connectivity index (χ4n) is 4.95. The minimum absolute atomic E-state index is 0.0481. The fraction of sp³-hybridized carbons (Fsp3) is 0.704. The number of rotatable bonds is 8. The molecular weight excluding hydrogens is 433 g/mol. The first-order chi connectivity index (χ1) is 14.7. The van der Waals surface area contributed by atoms with Gasteiger partial charge in [0.1, 0.15) is 3.94 Å². The molecule has 4 heteroatoms. The van der Waals surface area contributed by atoms with E-state index in [0.29, 0.717) is 17.8 Å². The Labute approximate surface area is 202 Å². The molecule has 1 aromatic rings. The van der Waals surface area contributed by atoms with Gasteiger partial charge >= 0.3 is 0 Å². The summed E-state index contributed by atoms with van der Waals surface area (Å²) in [6, 6.07) is 5.04. The summed E-state index contributed by atoms with van der Waals surface area (Å²) < 4.78 is 0.244. The number of nitrogens with zero attached hydrogens (tertiary/aromatic N) is 1. The van der Waals surface area contributed by atoms with Gasteiger partial charge in [-0.05, 0) is 70.6 Å². The van der Waals surface area contributed by atoms with E-state index in [1.54, 1.807) is 21.6 Å². The Hall–Kier alpha value is 0.0500. The molecule has 0 bridgehead atoms. The van der Waals surface area contributed by atoms with E-state index in [1.165, 1.54) is 50.2 Å². The van der Waals surface area contributed by atoms with Crippen LogP contribution in [0.5, 0.6) is 0 Å². The Morgan fingerprint density at radius 2 is 1.42 bits per heavy atom. The van der Waals surface area contributed by atoms with Crippen molar-refractivity contribution in [1.82, 2.24) is 4.90 Å². The van der Waals surface area contributed by atoms with Gasteiger partial charge < -0.3 is 0 Å². The highest BCUT2D eigenvalue weighted by atomic mass is 32.2. The zero-order chi connectivity index (χ0) is 22.8. The monoisotopic (exact) mass is 477 g/mol. The summed E-state index contributed by atoms with van der Waals surface area (Å²) in [7, 11) is -0.0481. The second-order valence-electron chi connectivity index (χ2n) is 10.0. The number of likely N-dealkylation sites (tertiary alicyclic amines) is 1. The molecule has 0 spiro atoms. The van der Waals surface area contributed by atoms with Gasteiger partial charge in [0.05, 0.1) is 0 Å². The lowest BCUT2D eigenvalue weighted by atomic mass is 9.84. The van der Waals surface area contributed by atoms with Crippen LogP contribution in [0.4, 0.5) is 0 Å². The van der Waals surface area contributed by atoms with Crippen LogP contribution in [0.2, 0.25) is 0 Å². The molecule has 0 N–H and O–H groups in total. The third-order valence-electron chi connectivity index (χ3n) is 6.86. The third-order valence-corrected chi connectivity index (χ3v) is 14.3. The van der Waals surface area contributed by atoms with Crippen LogP contribution in [-0.2, 0) is 0 Å². The molecule has 0 amide bonds. The molecule has 2 aliphatic rings. The largest absolute Gasteiger partial charge is 0.276 e. The Morgan fingerprint density at radius 3 is 1.87 bits per heavy atom. The third kappa shape index (κ3) is 5.26. The molecule has 2 aliphatic heterocycles. The molecule has 1 saturated heterocycles. The van der Waals surface area contributed by atoms with E-state index >= 15 is 0 Å². The molecule has 31 heavy (non-hydrogen) atoms. The lowest BCUT2D eigenvalue weighted by Gasteiger charge is -2.46. The molecule has 1 unspecified atom stereocenters. The second-order valence-corrected chi connectivity index (χ2v) is 16.2. The molecule has 1 atom stereocenters. The topological polar surface area (TPSA) is 3.24 Å². The standard InChI is InChI=1S/C27H44NPS2/c1-9-29(10-2)27(28-14-12-11-13-15-28)30-18-25(31-27)26-23(20(5)6)16-22(19(3)4)17-24(26)21(7)8/h16-21H,9-15H2,1-8H3. The van der Waals surface area contributed by atoms with Crippen LogP contribution in [-0.4, -0.2) is 34.3 Å². The Balaban J connectivity index is 2.08. The molecule has 1 fully saturated rings. The lowest BCUT2D eigenvalue weighted by Crippen LogP contribution is -2.44. The van der Waals surface area contributed by atoms with Gasteiger partial charge in [0.2, 0.25) is 0 Å². The van der Waals surface area contributed by atoms with E-state index in [1.807, 2.05) is 0 Å². The van der Waals surface area contributed by atoms with Crippen molar-refractivity contribution in [3.63, 3.8) is 0 Å². The average Bonchev–Trinajstić information content (AvgIpc) is 3.20. The molecular formula is C27H44NPS2. The second kappa shape index (κ2) is 11.0. The maximum atomic E-state index is 2.88. The van der Waals surface area contributed by atoms with Gasteiger partial charge in [-0.1, -0.05) is 105 Å². The van der Waals surface area contributed by atoms with E-state index in [-0.39, 0.29) is 11.9 Å². The number of hydrogen-bond donors (Lipinski definition) is 0. The highest BCUT2D eigenvalue weighted by Crippen LogP contribution is 2.71. The molecule has 0 aliphatic carbocycles. The van der Waals surface area contributed by atoms with Crippen molar-refractivity contribution in [2.75, 3.05) is 25.4 Å². The summed E-state index contributed by atoms with van der Waals surface area (Å²) in [6.07, 6.45) is 6.79. The van der Waals surface area contributed by atoms with E-state index in [9.17, 15) is 0 Å². The first-order valence-corrected chi connectivity index (χ1v) is 15.9. The van der Waals surface area contributed by atoms with Gasteiger partial charge in [0.15, 0.2) is 0 Å². The van der Waals surface area contributed by atoms with Gasteiger partial charge in [-0.3, -0.25) is 4.90 Å². The molecule has 3 rings (SSSR count). The predicted molar refractivity (Wildman–Crippen MR) is 148 cm³/mol. The van der Waals surface area contributed by atoms with Crippen LogP contribution in [0.15, 0.2) is 17.5 Å². The van der Waals surface area contributed by atoms with Crippen LogP contribution in [0.25, 0.3) is 4.91 Å². The van der Waals surface area contributed by atoms with Gasteiger partial charge in [-0.15, -0.1) is 0 Å². The van der Waals surface area contributed by atoms with Crippen molar-refractivity contribution in [3.8, 4) is 0 Å². The normalized spacial score (nSPS) is 22.9. The van der Waals surface area contributed by atoms with Gasteiger partial charge in [0.25, 0.3) is 0 Å². The predicted octanol–water partition coefficient (Wildman–Crippen LogP) is 9.45. The first kappa shape index (κ1) is 25.7. The van der Waals surface area contributed by atoms with Crippen LogP contribution in [0, 0.1) is 0 Å². The van der Waals surface area contributed by atoms with E-state index in [4.69, 9.17) is 0 Å². The van der Waals surface area contributed by atoms with Crippen molar-refractivity contribution in [1.29, 1.82) is 0 Å². The summed E-state index contributed by atoms with van der Waals surface area (Å²) in [5.74, 6) is 1.66. The lowest BCUT2D eigenvalue weighted by molar-refractivity contribution is 0.236. The Morgan fingerprint density at radius 1 is 0.871 bits per heavy atom. The minimum atomic E-state index is -0.0481. The van der Waals surface area contributed by atoms with Gasteiger partial charge in [0, 0.05) is 18.0 Å². The van der Waals surface area contributed by atoms with Crippen molar-refractivity contribution >= 4 is 36.4 Å². The van der Waals surface area contributed by atoms with Crippen LogP contribution >= 0.6 is 31.4 Å². The van der Waals surface area contributed by atoms with Crippen LogP contribution in [0.1, 0.15) is 115 Å². The Bertz CT molecular complexity index is 746. The van der Waals surface area contributed by atoms with Gasteiger partial charge in [-0.2, -0.15) is 0 Å². The molecule has 0 aromatic heterocycles. The minimum Gasteiger partial charge on any atom is -0.276 e. The summed E-state index contributed by atoms with van der Waals surface area (Å²) in [5.41, 5.74) is 6.18. The summed E-state index contributed by atoms with van der Waals surface area (Å²) >= 11 is 4.39. The Kier molecular flexibility index (Phi) is 9.09. The maximum absolute atomic E-state index is 2.88. The first-order valence-electron chi connectivity index (χ1n) is 12.5. The number of thioether (sulfide) groups is 2. The van der Waals surface area contributed by atoms with Gasteiger partial charge in [-0.25, -0.2) is 0 Å². The van der Waals surface area contributed by atoms with Crippen molar-refractivity contribution in [2.45, 2.75) is 96.4 Å². The quantitative estimate of drug-likeness (QED) is 0.343. The molecule has 1 aromatic carbocycles. The van der Waals surface area contributed by atoms with Crippen LogP contribution in [0.3, 0.4) is 0 Å². The van der Waals surface area contributed by atoms with E-state index < -0.39 is 0 Å². The van der Waals surface area contributed by atoms with Crippen molar-refractivity contribution in [2.24, 2.45) is 0 Å². The molecule has 0 radical (unpaired) electrons. The SMILES string of the molecule is CCP(CC)C1(N2CCCCC2)SC=C(c2c(C(C)C)cc(C(C)C)cc2C(C)C)S1. The number of hydrogen-bond acceptors (Lipinski definition) is 3. The molecule has 1 nitrogen and oxygen atoms in total. The maximum Gasteiger partial charge on any atom is 0.141 e. The zero-order valence-corrected chi connectivity index (χ0v) is 23.7. The molecule has 0 saturated carbocycles. The van der Waals surface area contributed by atoms with Crippen molar-refractivity contribution < 1.29 is 0 Å². The smallest absolute Gasteiger partial charge is 0.141 e.